The van der Waals surface area contributed by atoms with E-state index in [1.807, 2.05) is 101 Å². The van der Waals surface area contributed by atoms with Crippen molar-refractivity contribution < 1.29 is 28.7 Å². The van der Waals surface area contributed by atoms with E-state index in [0.29, 0.717) is 25.7 Å². The molecule has 0 bridgehead atoms. The third-order valence-electron chi connectivity index (χ3n) is 8.22. The number of imide groups is 2. The first-order chi connectivity index (χ1) is 20.2. The fourth-order valence-corrected chi connectivity index (χ4v) is 5.69. The fourth-order valence-electron chi connectivity index (χ4n) is 5.69. The second-order valence-electron chi connectivity index (χ2n) is 11.9. The Morgan fingerprint density at radius 2 is 1.05 bits per heavy atom. The van der Waals surface area contributed by atoms with E-state index in [4.69, 9.17) is 9.47 Å². The van der Waals surface area contributed by atoms with E-state index in [-0.39, 0.29) is 48.9 Å². The summed E-state index contributed by atoms with van der Waals surface area (Å²) in [5.41, 5.74) is 2.08. The zero-order valence-corrected chi connectivity index (χ0v) is 25.0. The summed E-state index contributed by atoms with van der Waals surface area (Å²) in [7, 11) is 0. The maximum Gasteiger partial charge on any atom is 0.416 e. The zero-order chi connectivity index (χ0) is 30.2. The molecule has 2 saturated heterocycles. The third kappa shape index (κ3) is 7.46. The summed E-state index contributed by atoms with van der Waals surface area (Å²) in [5, 5.41) is 0. The van der Waals surface area contributed by atoms with Crippen molar-refractivity contribution in [3.8, 4) is 0 Å². The molecule has 2 fully saturated rings. The van der Waals surface area contributed by atoms with Crippen molar-refractivity contribution >= 4 is 24.0 Å². The zero-order valence-electron chi connectivity index (χ0n) is 25.0. The van der Waals surface area contributed by atoms with Crippen molar-refractivity contribution in [1.82, 2.24) is 9.80 Å². The molecule has 0 saturated carbocycles. The Morgan fingerprint density at radius 1 is 0.690 bits per heavy atom. The number of hydrogen-bond donors (Lipinski definition) is 0. The fraction of sp³-hybridized carbons (Fsp3) is 0.471. The number of benzene rings is 2. The van der Waals surface area contributed by atoms with Crippen LogP contribution < -0.4 is 0 Å². The summed E-state index contributed by atoms with van der Waals surface area (Å²) in [6.07, 6.45) is 4.60. The van der Waals surface area contributed by atoms with Crippen LogP contribution in [0.25, 0.3) is 0 Å². The monoisotopic (exact) mass is 574 g/mol. The smallest absolute Gasteiger partial charge is 0.416 e. The molecule has 42 heavy (non-hydrogen) atoms. The number of nitrogens with zero attached hydrogens (tertiary/aromatic N) is 2. The third-order valence-corrected chi connectivity index (χ3v) is 8.22. The molecule has 8 nitrogen and oxygen atoms in total. The van der Waals surface area contributed by atoms with Gasteiger partial charge in [0.2, 0.25) is 11.8 Å². The minimum absolute atomic E-state index is 0.00596. The molecule has 2 heterocycles. The molecule has 2 aliphatic heterocycles. The Hall–Kier alpha value is -3.94. The average molecular weight is 575 g/mol. The van der Waals surface area contributed by atoms with E-state index in [9.17, 15) is 19.2 Å². The molecule has 4 atom stereocenters. The van der Waals surface area contributed by atoms with Gasteiger partial charge in [-0.05, 0) is 48.6 Å². The summed E-state index contributed by atoms with van der Waals surface area (Å²) in [5.74, 6) is -1.32. The van der Waals surface area contributed by atoms with Crippen LogP contribution in [0.15, 0.2) is 72.8 Å². The number of allylic oxidation sites excluding steroid dienone is 2. The SMILES string of the molecule is CC(C)[C@H](CC=CC[C@H](C(=O)N1C(=O)OC[C@@H]1Cc1ccccc1)C(C)C)C(=O)N1C(=O)OC[C@@H]1Cc1ccccc1. The van der Waals surface area contributed by atoms with Crippen LogP contribution in [0.3, 0.4) is 0 Å². The van der Waals surface area contributed by atoms with Crippen LogP contribution in [0, 0.1) is 23.7 Å². The lowest BCUT2D eigenvalue weighted by molar-refractivity contribution is -0.135. The first-order valence-corrected chi connectivity index (χ1v) is 14.9. The number of hydrogen-bond acceptors (Lipinski definition) is 6. The van der Waals surface area contributed by atoms with Crippen LogP contribution in [-0.2, 0) is 31.9 Å². The molecule has 0 spiro atoms. The van der Waals surface area contributed by atoms with Gasteiger partial charge in [0.05, 0.1) is 12.1 Å². The number of carbonyl (C=O) groups excluding carboxylic acids is 4. The molecule has 224 valence electrons. The highest BCUT2D eigenvalue weighted by molar-refractivity contribution is 5.95. The second kappa shape index (κ2) is 14.3. The molecule has 8 heteroatoms. The summed E-state index contributed by atoms with van der Waals surface area (Å²) >= 11 is 0. The summed E-state index contributed by atoms with van der Waals surface area (Å²) in [6.45, 7) is 8.24. The number of cyclic esters (lactones) is 2. The molecule has 4 rings (SSSR count). The van der Waals surface area contributed by atoms with Crippen molar-refractivity contribution in [3.63, 3.8) is 0 Å². The molecule has 2 aromatic carbocycles. The topological polar surface area (TPSA) is 93.2 Å². The highest BCUT2D eigenvalue weighted by Crippen LogP contribution is 2.28. The maximum atomic E-state index is 13.6. The quantitative estimate of drug-likeness (QED) is 0.287. The van der Waals surface area contributed by atoms with Crippen molar-refractivity contribution in [3.05, 3.63) is 83.9 Å². The van der Waals surface area contributed by atoms with E-state index >= 15 is 0 Å². The Labute approximate surface area is 248 Å². The van der Waals surface area contributed by atoms with Crippen LogP contribution in [0.2, 0.25) is 0 Å². The lowest BCUT2D eigenvalue weighted by Crippen LogP contribution is -2.45. The lowest BCUT2D eigenvalue weighted by atomic mass is 9.88. The van der Waals surface area contributed by atoms with Gasteiger partial charge in [0.1, 0.15) is 13.2 Å². The van der Waals surface area contributed by atoms with Gasteiger partial charge < -0.3 is 9.47 Å². The van der Waals surface area contributed by atoms with Crippen LogP contribution in [0.5, 0.6) is 0 Å². The Kier molecular flexibility index (Phi) is 10.6. The Balaban J connectivity index is 1.40. The molecule has 0 N–H and O–H groups in total. The van der Waals surface area contributed by atoms with Crippen molar-refractivity contribution in [2.45, 2.75) is 65.5 Å². The standard InChI is InChI=1S/C34H42N2O6/c1-23(2)29(31(37)35-27(21-41-33(35)39)19-25-13-7-5-8-14-25)17-11-12-18-30(24(3)4)32(38)36-28(22-42-34(36)40)20-26-15-9-6-10-16-26/h5-16,23-24,27-30H,17-22H2,1-4H3/t27-,28-,29-,30-/m0/s1. The summed E-state index contributed by atoms with van der Waals surface area (Å²) in [6, 6.07) is 18.8. The normalized spacial score (nSPS) is 20.3. The van der Waals surface area contributed by atoms with Crippen LogP contribution in [0.1, 0.15) is 51.7 Å². The number of ether oxygens (including phenoxy) is 2. The highest BCUT2D eigenvalue weighted by Gasteiger charge is 2.42. The van der Waals surface area contributed by atoms with Crippen molar-refractivity contribution in [1.29, 1.82) is 0 Å². The molecule has 0 aliphatic carbocycles. The van der Waals surface area contributed by atoms with Gasteiger partial charge in [0, 0.05) is 11.8 Å². The van der Waals surface area contributed by atoms with Gasteiger partial charge in [-0.25, -0.2) is 19.4 Å². The van der Waals surface area contributed by atoms with Gasteiger partial charge in [0.15, 0.2) is 0 Å². The highest BCUT2D eigenvalue weighted by atomic mass is 16.6. The van der Waals surface area contributed by atoms with Gasteiger partial charge >= 0.3 is 12.2 Å². The number of rotatable bonds is 12. The van der Waals surface area contributed by atoms with E-state index in [1.165, 1.54) is 9.80 Å². The largest absolute Gasteiger partial charge is 0.447 e. The van der Waals surface area contributed by atoms with Crippen molar-refractivity contribution in [2.24, 2.45) is 23.7 Å². The molecular weight excluding hydrogens is 532 g/mol. The van der Waals surface area contributed by atoms with Gasteiger partial charge in [-0.3, -0.25) is 9.59 Å². The number of carbonyl (C=O) groups is 4. The minimum Gasteiger partial charge on any atom is -0.447 e. The average Bonchev–Trinajstić information content (AvgIpc) is 3.51. The van der Waals surface area contributed by atoms with E-state index < -0.39 is 24.0 Å². The molecule has 2 aromatic rings. The van der Waals surface area contributed by atoms with Gasteiger partial charge in [0.25, 0.3) is 0 Å². The lowest BCUT2D eigenvalue weighted by Gasteiger charge is -2.27. The van der Waals surface area contributed by atoms with Crippen molar-refractivity contribution in [2.75, 3.05) is 13.2 Å². The van der Waals surface area contributed by atoms with E-state index in [1.54, 1.807) is 0 Å². The molecule has 0 radical (unpaired) electrons. The van der Waals surface area contributed by atoms with Crippen LogP contribution in [0.4, 0.5) is 9.59 Å². The van der Waals surface area contributed by atoms with E-state index in [2.05, 4.69) is 0 Å². The Bertz CT molecular complexity index is 1160. The minimum atomic E-state index is -0.594. The van der Waals surface area contributed by atoms with Gasteiger partial charge in [-0.2, -0.15) is 0 Å². The van der Waals surface area contributed by atoms with Crippen LogP contribution >= 0.6 is 0 Å². The van der Waals surface area contributed by atoms with Crippen LogP contribution in [-0.4, -0.2) is 59.1 Å². The molecular formula is C34H42N2O6. The first-order valence-electron chi connectivity index (χ1n) is 14.9. The van der Waals surface area contributed by atoms with Gasteiger partial charge in [-0.1, -0.05) is 101 Å². The predicted molar refractivity (Wildman–Crippen MR) is 159 cm³/mol. The molecule has 2 aliphatic rings. The first kappa shape index (κ1) is 31.0. The molecule has 4 amide bonds. The molecule has 0 aromatic heterocycles. The number of amides is 4. The second-order valence-corrected chi connectivity index (χ2v) is 11.9. The van der Waals surface area contributed by atoms with Gasteiger partial charge in [-0.15, -0.1) is 0 Å². The maximum absolute atomic E-state index is 13.6. The Morgan fingerprint density at radius 3 is 1.38 bits per heavy atom. The predicted octanol–water partition coefficient (Wildman–Crippen LogP) is 6.05. The van der Waals surface area contributed by atoms with E-state index in [0.717, 1.165) is 11.1 Å². The summed E-state index contributed by atoms with van der Waals surface area (Å²) in [4.78, 5) is 55.0. The summed E-state index contributed by atoms with van der Waals surface area (Å²) < 4.78 is 10.6. The molecule has 0 unspecified atom stereocenters.